The lowest BCUT2D eigenvalue weighted by Crippen LogP contribution is -2.25. The van der Waals surface area contributed by atoms with Crippen molar-refractivity contribution in [2.45, 2.75) is 33.8 Å². The summed E-state index contributed by atoms with van der Waals surface area (Å²) in [5, 5.41) is 3.41. The molecule has 0 aliphatic rings. The largest absolute Gasteiger partial charge is 0.490 e. The number of anilines is 1. The maximum atomic E-state index is 5.98. The summed E-state index contributed by atoms with van der Waals surface area (Å²) >= 11 is 0. The van der Waals surface area contributed by atoms with Crippen LogP contribution in [0.5, 0.6) is 11.6 Å². The van der Waals surface area contributed by atoms with E-state index in [1.165, 1.54) is 0 Å². The van der Waals surface area contributed by atoms with Gasteiger partial charge in [-0.05, 0) is 52.6 Å². The summed E-state index contributed by atoms with van der Waals surface area (Å²) in [5.41, 5.74) is 2.98. The molecule has 0 spiro atoms. The van der Waals surface area contributed by atoms with Crippen LogP contribution >= 0.6 is 0 Å². The van der Waals surface area contributed by atoms with Gasteiger partial charge in [0.15, 0.2) is 0 Å². The molecule has 0 fully saturated rings. The highest BCUT2D eigenvalue weighted by Crippen LogP contribution is 2.23. The molecule has 0 saturated carbocycles. The van der Waals surface area contributed by atoms with E-state index < -0.39 is 0 Å². The van der Waals surface area contributed by atoms with Gasteiger partial charge in [0.2, 0.25) is 5.88 Å². The molecular formula is C20H29N3O2. The molecule has 5 nitrogen and oxygen atoms in total. The highest BCUT2D eigenvalue weighted by molar-refractivity contribution is 5.51. The van der Waals surface area contributed by atoms with Crippen LogP contribution < -0.4 is 14.8 Å². The zero-order chi connectivity index (χ0) is 18.2. The van der Waals surface area contributed by atoms with Crippen molar-refractivity contribution in [1.29, 1.82) is 0 Å². The van der Waals surface area contributed by atoms with Crippen LogP contribution in [-0.2, 0) is 0 Å². The first-order chi connectivity index (χ1) is 12.0. The van der Waals surface area contributed by atoms with E-state index in [0.717, 1.165) is 35.9 Å². The third kappa shape index (κ3) is 5.94. The lowest BCUT2D eigenvalue weighted by molar-refractivity contribution is 0.137. The summed E-state index contributed by atoms with van der Waals surface area (Å²) in [6, 6.07) is 11.8. The van der Waals surface area contributed by atoms with Crippen LogP contribution in [0.4, 0.5) is 5.69 Å². The summed E-state index contributed by atoms with van der Waals surface area (Å²) < 4.78 is 11.7. The molecule has 0 radical (unpaired) electrons. The van der Waals surface area contributed by atoms with Crippen LogP contribution in [0.15, 0.2) is 36.4 Å². The Labute approximate surface area is 151 Å². The summed E-state index contributed by atoms with van der Waals surface area (Å²) in [4.78, 5) is 6.81. The lowest BCUT2D eigenvalue weighted by Gasteiger charge is -2.20. The Morgan fingerprint density at radius 3 is 2.60 bits per heavy atom. The van der Waals surface area contributed by atoms with E-state index in [1.807, 2.05) is 51.1 Å². The highest BCUT2D eigenvalue weighted by Gasteiger charge is 2.12. The van der Waals surface area contributed by atoms with Gasteiger partial charge in [-0.3, -0.25) is 4.90 Å². The van der Waals surface area contributed by atoms with E-state index in [0.29, 0.717) is 12.5 Å². The zero-order valence-corrected chi connectivity index (χ0v) is 15.9. The van der Waals surface area contributed by atoms with Crippen LogP contribution in [0.2, 0.25) is 0 Å². The van der Waals surface area contributed by atoms with E-state index in [2.05, 4.69) is 35.2 Å². The molecule has 1 N–H and O–H groups in total. The summed E-state index contributed by atoms with van der Waals surface area (Å²) in [7, 11) is 2.08. The highest BCUT2D eigenvalue weighted by atomic mass is 16.5. The topological polar surface area (TPSA) is 46.6 Å². The van der Waals surface area contributed by atoms with Crippen molar-refractivity contribution in [3.8, 4) is 11.6 Å². The molecule has 1 unspecified atom stereocenters. The van der Waals surface area contributed by atoms with Crippen LogP contribution in [0, 0.1) is 13.8 Å². The Balaban J connectivity index is 1.93. The third-order valence-electron chi connectivity index (χ3n) is 3.98. The average Bonchev–Trinajstić information content (AvgIpc) is 2.62. The number of rotatable bonds is 9. The molecule has 25 heavy (non-hydrogen) atoms. The molecule has 0 bridgehead atoms. The number of benzene rings is 1. The molecule has 136 valence electrons. The van der Waals surface area contributed by atoms with Gasteiger partial charge in [-0.25, -0.2) is 4.98 Å². The summed E-state index contributed by atoms with van der Waals surface area (Å²) in [6.07, 6.45) is -0.0872. The number of nitrogens with one attached hydrogen (secondary N) is 1. The molecule has 1 atom stereocenters. The van der Waals surface area contributed by atoms with E-state index >= 15 is 0 Å². The fourth-order valence-corrected chi connectivity index (χ4v) is 2.27. The van der Waals surface area contributed by atoms with Crippen LogP contribution in [0.25, 0.3) is 0 Å². The van der Waals surface area contributed by atoms with Crippen molar-refractivity contribution in [1.82, 2.24) is 9.88 Å². The van der Waals surface area contributed by atoms with E-state index in [1.54, 1.807) is 0 Å². The van der Waals surface area contributed by atoms with Gasteiger partial charge in [0.05, 0.1) is 18.1 Å². The average molecular weight is 343 g/mol. The van der Waals surface area contributed by atoms with Crippen molar-refractivity contribution >= 4 is 5.69 Å². The van der Waals surface area contributed by atoms with Crippen molar-refractivity contribution < 1.29 is 9.47 Å². The quantitative estimate of drug-likeness (QED) is 0.701. The summed E-state index contributed by atoms with van der Waals surface area (Å²) in [6.45, 7) is 10.4. The molecule has 0 amide bonds. The third-order valence-corrected chi connectivity index (χ3v) is 3.98. The molecule has 5 heteroatoms. The van der Waals surface area contributed by atoms with Crippen molar-refractivity contribution in [3.63, 3.8) is 0 Å². The molecule has 0 aliphatic heterocycles. The Morgan fingerprint density at radius 1 is 1.20 bits per heavy atom. The van der Waals surface area contributed by atoms with Crippen molar-refractivity contribution in [3.05, 3.63) is 47.7 Å². The van der Waals surface area contributed by atoms with Gasteiger partial charge in [0, 0.05) is 5.56 Å². The van der Waals surface area contributed by atoms with Gasteiger partial charge < -0.3 is 14.8 Å². The Bertz CT molecular complexity index is 661. The second kappa shape index (κ2) is 9.28. The molecule has 1 aromatic heterocycles. The molecule has 0 saturated heterocycles. The first-order valence-electron chi connectivity index (χ1n) is 8.74. The minimum atomic E-state index is -0.0872. The van der Waals surface area contributed by atoms with Crippen molar-refractivity contribution in [2.24, 2.45) is 0 Å². The normalized spacial score (nSPS) is 12.1. The number of hydrogen-bond acceptors (Lipinski definition) is 5. The number of nitrogens with zero attached hydrogens (tertiary/aromatic N) is 2. The zero-order valence-electron chi connectivity index (χ0n) is 15.9. The van der Waals surface area contributed by atoms with Gasteiger partial charge in [-0.15, -0.1) is 0 Å². The maximum absolute atomic E-state index is 5.98. The standard InChI is InChI=1S/C20H29N3O2/c1-6-23(5)14-21-19-12-15(2)20(22-17(19)4)25-16(3)13-24-18-10-8-7-9-11-18/h7-12,16,21H,6,13-14H2,1-5H3. The van der Waals surface area contributed by atoms with Gasteiger partial charge in [-0.2, -0.15) is 0 Å². The number of pyridine rings is 1. The van der Waals surface area contributed by atoms with Gasteiger partial charge in [0.1, 0.15) is 18.5 Å². The number of aryl methyl sites for hydroxylation is 2. The molecular weight excluding hydrogens is 314 g/mol. The Hall–Kier alpha value is -2.27. The predicted molar refractivity (Wildman–Crippen MR) is 103 cm³/mol. The smallest absolute Gasteiger partial charge is 0.216 e. The maximum Gasteiger partial charge on any atom is 0.216 e. The molecule has 2 rings (SSSR count). The second-order valence-electron chi connectivity index (χ2n) is 6.30. The number of ether oxygens (including phenoxy) is 2. The second-order valence-corrected chi connectivity index (χ2v) is 6.30. The minimum Gasteiger partial charge on any atom is -0.490 e. The van der Waals surface area contributed by atoms with Gasteiger partial charge in [-0.1, -0.05) is 25.1 Å². The number of para-hydroxylation sites is 1. The molecule has 1 heterocycles. The first-order valence-corrected chi connectivity index (χ1v) is 8.74. The van der Waals surface area contributed by atoms with Crippen molar-refractivity contribution in [2.75, 3.05) is 32.2 Å². The SMILES string of the molecule is CCN(C)CNc1cc(C)c(OC(C)COc2ccccc2)nc1C. The predicted octanol–water partition coefficient (Wildman–Crippen LogP) is 3.87. The fraction of sp³-hybridized carbons (Fsp3) is 0.450. The molecule has 2 aromatic rings. The minimum absolute atomic E-state index is 0.0872. The van der Waals surface area contributed by atoms with Crippen LogP contribution in [-0.4, -0.2) is 42.9 Å². The number of aromatic nitrogens is 1. The first kappa shape index (κ1) is 19.1. The molecule has 0 aliphatic carbocycles. The van der Waals surface area contributed by atoms with Gasteiger partial charge in [0.25, 0.3) is 0 Å². The monoisotopic (exact) mass is 343 g/mol. The Morgan fingerprint density at radius 2 is 1.92 bits per heavy atom. The fourth-order valence-electron chi connectivity index (χ4n) is 2.27. The number of hydrogen-bond donors (Lipinski definition) is 1. The van der Waals surface area contributed by atoms with Gasteiger partial charge >= 0.3 is 0 Å². The van der Waals surface area contributed by atoms with Crippen LogP contribution in [0.1, 0.15) is 25.1 Å². The lowest BCUT2D eigenvalue weighted by atomic mass is 10.2. The Kier molecular flexibility index (Phi) is 7.07. The summed E-state index contributed by atoms with van der Waals surface area (Å²) in [5.74, 6) is 1.51. The van der Waals surface area contributed by atoms with E-state index in [4.69, 9.17) is 9.47 Å². The van der Waals surface area contributed by atoms with E-state index in [9.17, 15) is 0 Å². The molecule has 1 aromatic carbocycles. The van der Waals surface area contributed by atoms with E-state index in [-0.39, 0.29) is 6.10 Å². The van der Waals surface area contributed by atoms with Crippen LogP contribution in [0.3, 0.4) is 0 Å².